The Hall–Kier alpha value is -1.93. The van der Waals surface area contributed by atoms with E-state index in [1.165, 1.54) is 62.9 Å². The van der Waals surface area contributed by atoms with Gasteiger partial charge in [0.15, 0.2) is 0 Å². The second kappa shape index (κ2) is 10.4. The summed E-state index contributed by atoms with van der Waals surface area (Å²) in [5.41, 5.74) is 4.36. The van der Waals surface area contributed by atoms with Gasteiger partial charge in [0, 0.05) is 6.54 Å². The van der Waals surface area contributed by atoms with Crippen molar-refractivity contribution in [2.24, 2.45) is 0 Å². The van der Waals surface area contributed by atoms with E-state index in [1.54, 1.807) is 17.7 Å². The van der Waals surface area contributed by atoms with Gasteiger partial charge in [-0.1, -0.05) is 61.0 Å². The number of nitrogens with zero attached hydrogens (tertiary/aromatic N) is 1. The van der Waals surface area contributed by atoms with Gasteiger partial charge in [0.25, 0.3) is 0 Å². The van der Waals surface area contributed by atoms with E-state index in [-0.39, 0.29) is 5.82 Å². The lowest BCUT2D eigenvalue weighted by atomic mass is 9.89. The van der Waals surface area contributed by atoms with Crippen LogP contribution >= 0.6 is 0 Å². The van der Waals surface area contributed by atoms with Crippen LogP contribution in [-0.2, 0) is 6.42 Å². The predicted octanol–water partition coefficient (Wildman–Crippen LogP) is 6.36. The molecule has 27 heavy (non-hydrogen) atoms. The molecule has 144 valence electrons. The predicted molar refractivity (Wildman–Crippen MR) is 113 cm³/mol. The van der Waals surface area contributed by atoms with Gasteiger partial charge in [-0.15, -0.1) is 0 Å². The zero-order valence-corrected chi connectivity index (χ0v) is 16.5. The summed E-state index contributed by atoms with van der Waals surface area (Å²) in [6.07, 6.45) is 9.91. The van der Waals surface area contributed by atoms with Crippen molar-refractivity contribution in [2.75, 3.05) is 19.6 Å². The van der Waals surface area contributed by atoms with Gasteiger partial charge < -0.3 is 0 Å². The first-order chi connectivity index (χ1) is 13.2. The zero-order chi connectivity index (χ0) is 18.9. The molecule has 1 heterocycles. The molecule has 1 aliphatic carbocycles. The van der Waals surface area contributed by atoms with Crippen LogP contribution in [0.1, 0.15) is 56.1 Å². The molecule has 2 heteroatoms. The molecule has 0 unspecified atom stereocenters. The Morgan fingerprint density at radius 1 is 0.963 bits per heavy atom. The Labute approximate surface area is 163 Å². The van der Waals surface area contributed by atoms with Crippen molar-refractivity contribution in [1.82, 2.24) is 4.90 Å². The highest BCUT2D eigenvalue weighted by molar-refractivity contribution is 5.21. The van der Waals surface area contributed by atoms with Gasteiger partial charge in [-0.3, -0.25) is 4.90 Å². The topological polar surface area (TPSA) is 3.24 Å². The van der Waals surface area contributed by atoms with Gasteiger partial charge >= 0.3 is 0 Å². The maximum Gasteiger partial charge on any atom is 0.123 e. The van der Waals surface area contributed by atoms with Crippen LogP contribution in [0.15, 0.2) is 66.2 Å². The van der Waals surface area contributed by atoms with Crippen LogP contribution < -0.4 is 0 Å². The number of benzene rings is 2. The van der Waals surface area contributed by atoms with Crippen LogP contribution in [0.2, 0.25) is 0 Å². The van der Waals surface area contributed by atoms with E-state index in [0.717, 1.165) is 6.42 Å². The summed E-state index contributed by atoms with van der Waals surface area (Å²) in [6, 6.07) is 17.5. The van der Waals surface area contributed by atoms with Crippen LogP contribution in [0.3, 0.4) is 0 Å². The van der Waals surface area contributed by atoms with Crippen molar-refractivity contribution in [1.29, 1.82) is 0 Å². The largest absolute Gasteiger partial charge is 0.299 e. The molecular weight excluding hydrogens is 333 g/mol. The van der Waals surface area contributed by atoms with E-state index in [1.807, 2.05) is 18.2 Å². The van der Waals surface area contributed by atoms with E-state index < -0.39 is 0 Å². The minimum atomic E-state index is -0.130. The third-order valence-corrected chi connectivity index (χ3v) is 5.74. The molecule has 0 saturated carbocycles. The molecule has 2 aromatic carbocycles. The Morgan fingerprint density at radius 3 is 2.22 bits per heavy atom. The third-order valence-electron chi connectivity index (χ3n) is 5.74. The monoisotopic (exact) mass is 365 g/mol. The van der Waals surface area contributed by atoms with E-state index in [4.69, 9.17) is 0 Å². The van der Waals surface area contributed by atoms with Crippen LogP contribution in [0, 0.1) is 5.82 Å². The van der Waals surface area contributed by atoms with Crippen molar-refractivity contribution in [3.63, 3.8) is 0 Å². The second-order valence-electron chi connectivity index (χ2n) is 7.70. The van der Waals surface area contributed by atoms with Crippen LogP contribution in [0.4, 0.5) is 4.39 Å². The molecule has 0 spiro atoms. The molecule has 4 rings (SSSR count). The highest BCUT2D eigenvalue weighted by atomic mass is 19.1. The molecule has 1 nitrogen and oxygen atoms in total. The molecule has 1 saturated heterocycles. The number of allylic oxidation sites excluding steroid dienone is 1. The van der Waals surface area contributed by atoms with Crippen LogP contribution in [0.5, 0.6) is 0 Å². The molecule has 0 N–H and O–H groups in total. The van der Waals surface area contributed by atoms with Gasteiger partial charge in [-0.05, 0) is 80.8 Å². The lowest BCUT2D eigenvalue weighted by Gasteiger charge is -2.32. The molecular formula is C25H32FN. The molecule has 2 aliphatic rings. The Bertz CT molecular complexity index is 697. The van der Waals surface area contributed by atoms with Crippen molar-refractivity contribution in [2.45, 2.75) is 51.4 Å². The van der Waals surface area contributed by atoms with Gasteiger partial charge in [0.1, 0.15) is 5.82 Å². The molecule has 0 radical (unpaired) electrons. The summed E-state index contributed by atoms with van der Waals surface area (Å²) in [6.45, 7) is 5.70. The van der Waals surface area contributed by atoms with E-state index >= 15 is 0 Å². The summed E-state index contributed by atoms with van der Waals surface area (Å²) < 4.78 is 12.9. The van der Waals surface area contributed by atoms with Crippen LogP contribution in [-0.4, -0.2) is 24.5 Å². The molecule has 0 aromatic heterocycles. The van der Waals surface area contributed by atoms with Crippen molar-refractivity contribution in [3.8, 4) is 0 Å². The molecule has 0 bridgehead atoms. The number of piperidine rings is 1. The minimum Gasteiger partial charge on any atom is -0.299 e. The fraction of sp³-hybridized carbons (Fsp3) is 0.440. The standard InChI is InChI=1S/C17H22FN.C8H10/c18-17-7-5-15(6-8-17)16-9-11-19(12-10-16)13-14-3-1-2-4-14;1-2-8-6-4-3-5-7-8/h3,5-8,16H,1-2,4,9-13H2;3-7H,2H2,1H3. The summed E-state index contributed by atoms with van der Waals surface area (Å²) >= 11 is 0. The molecule has 0 atom stereocenters. The lowest BCUT2D eigenvalue weighted by molar-refractivity contribution is 0.227. The zero-order valence-electron chi connectivity index (χ0n) is 16.5. The molecule has 2 aromatic rings. The fourth-order valence-corrected chi connectivity index (χ4v) is 4.04. The fourth-order valence-electron chi connectivity index (χ4n) is 4.04. The number of hydrogen-bond acceptors (Lipinski definition) is 1. The maximum atomic E-state index is 12.9. The van der Waals surface area contributed by atoms with Crippen molar-refractivity contribution >= 4 is 0 Å². The first-order valence-corrected chi connectivity index (χ1v) is 10.4. The number of halogens is 1. The van der Waals surface area contributed by atoms with Gasteiger partial charge in [0.05, 0.1) is 0 Å². The number of aryl methyl sites for hydroxylation is 1. The Morgan fingerprint density at radius 2 is 1.67 bits per heavy atom. The molecule has 1 fully saturated rings. The van der Waals surface area contributed by atoms with Gasteiger partial charge in [0.2, 0.25) is 0 Å². The van der Waals surface area contributed by atoms with Crippen molar-refractivity contribution in [3.05, 3.63) is 83.2 Å². The van der Waals surface area contributed by atoms with E-state index in [0.29, 0.717) is 5.92 Å². The average Bonchev–Trinajstić information content (AvgIpc) is 3.23. The molecule has 1 aliphatic heterocycles. The first-order valence-electron chi connectivity index (χ1n) is 10.4. The smallest absolute Gasteiger partial charge is 0.123 e. The second-order valence-corrected chi connectivity index (χ2v) is 7.70. The number of likely N-dealkylation sites (tertiary alicyclic amines) is 1. The third kappa shape index (κ3) is 6.32. The molecule has 0 amide bonds. The summed E-state index contributed by atoms with van der Waals surface area (Å²) in [5.74, 6) is 0.490. The SMILES string of the molecule is CCc1ccccc1.Fc1ccc(C2CCN(CC3=CCCC3)CC2)cc1. The van der Waals surface area contributed by atoms with Gasteiger partial charge in [-0.2, -0.15) is 0 Å². The quantitative estimate of drug-likeness (QED) is 0.569. The Kier molecular flexibility index (Phi) is 7.65. The van der Waals surface area contributed by atoms with Crippen LogP contribution in [0.25, 0.3) is 0 Å². The lowest BCUT2D eigenvalue weighted by Crippen LogP contribution is -2.34. The highest BCUT2D eigenvalue weighted by Crippen LogP contribution is 2.29. The normalized spacial score (nSPS) is 17.9. The number of rotatable bonds is 4. The first kappa shape index (κ1) is 19.8. The average molecular weight is 366 g/mol. The van der Waals surface area contributed by atoms with E-state index in [9.17, 15) is 4.39 Å². The Balaban J connectivity index is 0.000000221. The summed E-state index contributed by atoms with van der Waals surface area (Å²) in [5, 5.41) is 0. The van der Waals surface area contributed by atoms with E-state index in [2.05, 4.69) is 42.2 Å². The van der Waals surface area contributed by atoms with Crippen molar-refractivity contribution < 1.29 is 4.39 Å². The number of hydrogen-bond donors (Lipinski definition) is 0. The summed E-state index contributed by atoms with van der Waals surface area (Å²) in [4.78, 5) is 2.58. The summed E-state index contributed by atoms with van der Waals surface area (Å²) in [7, 11) is 0. The maximum absolute atomic E-state index is 12.9. The van der Waals surface area contributed by atoms with Gasteiger partial charge in [-0.25, -0.2) is 4.39 Å². The minimum absolute atomic E-state index is 0.130. The highest BCUT2D eigenvalue weighted by Gasteiger charge is 2.21.